The lowest BCUT2D eigenvalue weighted by Gasteiger charge is -2.12. The molecule has 0 heterocycles. The second-order valence-electron chi connectivity index (χ2n) is 5.96. The number of hydrogen-bond donors (Lipinski definition) is 1. The number of anilines is 1. The normalized spacial score (nSPS) is 12.4. The first-order chi connectivity index (χ1) is 12.5. The van der Waals surface area contributed by atoms with Gasteiger partial charge in [0.15, 0.2) is 0 Å². The lowest BCUT2D eigenvalue weighted by atomic mass is 10.1. The highest BCUT2D eigenvalue weighted by molar-refractivity contribution is 6.00. The number of benzene rings is 2. The van der Waals surface area contributed by atoms with Crippen LogP contribution < -0.4 is 14.8 Å². The van der Waals surface area contributed by atoms with Gasteiger partial charge in [0.05, 0.1) is 18.9 Å². The monoisotopic (exact) mass is 352 g/mol. The van der Waals surface area contributed by atoms with Crippen molar-refractivity contribution in [1.82, 2.24) is 0 Å². The van der Waals surface area contributed by atoms with Gasteiger partial charge in [0.2, 0.25) is 0 Å². The smallest absolute Gasteiger partial charge is 0.119 e. The van der Waals surface area contributed by atoms with Crippen molar-refractivity contribution in [1.29, 1.82) is 0 Å². The number of allylic oxidation sites excluding steroid dienone is 2. The van der Waals surface area contributed by atoms with Gasteiger partial charge in [-0.3, -0.25) is 4.99 Å². The minimum atomic E-state index is 0.667. The van der Waals surface area contributed by atoms with Gasteiger partial charge >= 0.3 is 0 Å². The maximum absolute atomic E-state index is 5.47. The van der Waals surface area contributed by atoms with Crippen LogP contribution in [0.4, 0.5) is 11.4 Å². The fraction of sp³-hybridized carbons (Fsp3) is 0.318. The molecule has 0 aromatic heterocycles. The van der Waals surface area contributed by atoms with Crippen LogP contribution in [-0.4, -0.2) is 18.9 Å². The average Bonchev–Trinajstić information content (AvgIpc) is 2.64. The minimum absolute atomic E-state index is 0.667. The van der Waals surface area contributed by atoms with Crippen LogP contribution in [0.25, 0.3) is 0 Å². The van der Waals surface area contributed by atoms with Gasteiger partial charge in [-0.1, -0.05) is 0 Å². The SMILES string of the molecule is CCOc1ccc(N=C(C)/C(C)=C(/C)Nc2ccc(OCC)cc2)cc1. The molecule has 4 nitrogen and oxygen atoms in total. The highest BCUT2D eigenvalue weighted by Gasteiger charge is 2.03. The number of ether oxygens (including phenoxy) is 2. The molecule has 0 aliphatic heterocycles. The van der Waals surface area contributed by atoms with E-state index in [9.17, 15) is 0 Å². The van der Waals surface area contributed by atoms with Crippen molar-refractivity contribution in [3.8, 4) is 11.5 Å². The highest BCUT2D eigenvalue weighted by atomic mass is 16.5. The van der Waals surface area contributed by atoms with Gasteiger partial charge in [-0.25, -0.2) is 0 Å². The summed E-state index contributed by atoms with van der Waals surface area (Å²) in [4.78, 5) is 4.70. The van der Waals surface area contributed by atoms with Crippen LogP contribution in [0.1, 0.15) is 34.6 Å². The molecule has 0 aliphatic rings. The van der Waals surface area contributed by atoms with E-state index < -0.39 is 0 Å². The minimum Gasteiger partial charge on any atom is -0.494 e. The zero-order chi connectivity index (χ0) is 18.9. The summed E-state index contributed by atoms with van der Waals surface area (Å²) in [5.74, 6) is 1.74. The molecule has 26 heavy (non-hydrogen) atoms. The van der Waals surface area contributed by atoms with E-state index in [1.54, 1.807) is 0 Å². The molecule has 0 bridgehead atoms. The number of rotatable bonds is 8. The first kappa shape index (κ1) is 19.6. The van der Waals surface area contributed by atoms with Crippen molar-refractivity contribution in [3.05, 3.63) is 59.8 Å². The summed E-state index contributed by atoms with van der Waals surface area (Å²) in [6, 6.07) is 15.8. The molecule has 0 saturated carbocycles. The van der Waals surface area contributed by atoms with Crippen LogP contribution in [0.5, 0.6) is 11.5 Å². The Bertz CT molecular complexity index is 760. The summed E-state index contributed by atoms with van der Waals surface area (Å²) in [7, 11) is 0. The van der Waals surface area contributed by atoms with E-state index in [4.69, 9.17) is 14.5 Å². The summed E-state index contributed by atoms with van der Waals surface area (Å²) in [5.41, 5.74) is 5.11. The first-order valence-corrected chi connectivity index (χ1v) is 8.99. The van der Waals surface area contributed by atoms with Gasteiger partial charge in [-0.05, 0) is 88.7 Å². The Labute approximate surface area is 156 Å². The molecule has 0 amide bonds. The third-order valence-electron chi connectivity index (χ3n) is 4.05. The number of hydrogen-bond acceptors (Lipinski definition) is 4. The van der Waals surface area contributed by atoms with Crippen LogP contribution in [0.2, 0.25) is 0 Å². The third-order valence-corrected chi connectivity index (χ3v) is 4.05. The van der Waals surface area contributed by atoms with Crippen molar-refractivity contribution >= 4 is 17.1 Å². The predicted octanol–water partition coefficient (Wildman–Crippen LogP) is 5.98. The molecule has 0 radical (unpaired) electrons. The van der Waals surface area contributed by atoms with Crippen LogP contribution >= 0.6 is 0 Å². The molecule has 0 atom stereocenters. The third kappa shape index (κ3) is 5.66. The molecule has 0 fully saturated rings. The fourth-order valence-corrected chi connectivity index (χ4v) is 2.44. The second-order valence-corrected chi connectivity index (χ2v) is 5.96. The van der Waals surface area contributed by atoms with Crippen LogP contribution in [0.3, 0.4) is 0 Å². The molecular formula is C22H28N2O2. The number of nitrogens with zero attached hydrogens (tertiary/aromatic N) is 1. The Hall–Kier alpha value is -2.75. The highest BCUT2D eigenvalue weighted by Crippen LogP contribution is 2.21. The molecule has 2 aromatic rings. The molecule has 4 heteroatoms. The number of nitrogens with one attached hydrogen (secondary N) is 1. The quantitative estimate of drug-likeness (QED) is 0.594. The molecule has 0 aliphatic carbocycles. The maximum atomic E-state index is 5.47. The van der Waals surface area contributed by atoms with Gasteiger partial charge in [-0.15, -0.1) is 0 Å². The van der Waals surface area contributed by atoms with E-state index in [0.29, 0.717) is 13.2 Å². The second kappa shape index (κ2) is 9.66. The molecule has 0 unspecified atom stereocenters. The molecule has 0 saturated heterocycles. The number of aliphatic imine (C=N–C) groups is 1. The van der Waals surface area contributed by atoms with Crippen molar-refractivity contribution in [2.24, 2.45) is 4.99 Å². The van der Waals surface area contributed by atoms with Gasteiger partial charge in [0.25, 0.3) is 0 Å². The molecule has 2 aromatic carbocycles. The lowest BCUT2D eigenvalue weighted by molar-refractivity contribution is 0.340. The Balaban J connectivity index is 2.09. The summed E-state index contributed by atoms with van der Waals surface area (Å²) >= 11 is 0. The Morgan fingerprint density at radius 3 is 1.81 bits per heavy atom. The average molecular weight is 352 g/mol. The van der Waals surface area contributed by atoms with E-state index in [0.717, 1.165) is 39.9 Å². The van der Waals surface area contributed by atoms with Crippen LogP contribution in [0, 0.1) is 0 Å². The molecule has 0 spiro atoms. The standard InChI is InChI=1S/C22H28N2O2/c1-6-25-21-12-8-19(9-13-21)23-17(4)16(3)18(5)24-20-10-14-22(15-11-20)26-7-2/h8-15,23H,6-7H2,1-5H3/b17-16-,24-18?. The molecule has 138 valence electrons. The summed E-state index contributed by atoms with van der Waals surface area (Å²) in [6.45, 7) is 11.5. The zero-order valence-electron chi connectivity index (χ0n) is 16.3. The fourth-order valence-electron chi connectivity index (χ4n) is 2.44. The van der Waals surface area contributed by atoms with Crippen molar-refractivity contribution in [3.63, 3.8) is 0 Å². The largest absolute Gasteiger partial charge is 0.494 e. The van der Waals surface area contributed by atoms with E-state index in [1.807, 2.05) is 69.3 Å². The van der Waals surface area contributed by atoms with Crippen LogP contribution in [0.15, 0.2) is 64.8 Å². The topological polar surface area (TPSA) is 42.8 Å². The van der Waals surface area contributed by atoms with Gasteiger partial charge in [0.1, 0.15) is 11.5 Å². The van der Waals surface area contributed by atoms with Crippen molar-refractivity contribution in [2.75, 3.05) is 18.5 Å². The first-order valence-electron chi connectivity index (χ1n) is 8.99. The van der Waals surface area contributed by atoms with Crippen LogP contribution in [-0.2, 0) is 0 Å². The van der Waals surface area contributed by atoms with E-state index in [1.165, 1.54) is 0 Å². The van der Waals surface area contributed by atoms with Gasteiger partial charge in [-0.2, -0.15) is 0 Å². The van der Waals surface area contributed by atoms with E-state index in [2.05, 4.69) is 19.2 Å². The Morgan fingerprint density at radius 1 is 0.808 bits per heavy atom. The molecule has 1 N–H and O–H groups in total. The maximum Gasteiger partial charge on any atom is 0.119 e. The van der Waals surface area contributed by atoms with Gasteiger partial charge in [0, 0.05) is 17.1 Å². The van der Waals surface area contributed by atoms with E-state index in [-0.39, 0.29) is 0 Å². The lowest BCUT2D eigenvalue weighted by Crippen LogP contribution is -2.04. The summed E-state index contributed by atoms with van der Waals surface area (Å²) in [5, 5.41) is 3.43. The van der Waals surface area contributed by atoms with Gasteiger partial charge < -0.3 is 14.8 Å². The van der Waals surface area contributed by atoms with Crippen molar-refractivity contribution < 1.29 is 9.47 Å². The van der Waals surface area contributed by atoms with Crippen molar-refractivity contribution in [2.45, 2.75) is 34.6 Å². The Morgan fingerprint density at radius 2 is 1.31 bits per heavy atom. The zero-order valence-corrected chi connectivity index (χ0v) is 16.3. The van der Waals surface area contributed by atoms with E-state index >= 15 is 0 Å². The predicted molar refractivity (Wildman–Crippen MR) is 110 cm³/mol. The Kier molecular flexibility index (Phi) is 7.27. The summed E-state index contributed by atoms with van der Waals surface area (Å²) in [6.07, 6.45) is 0. The summed E-state index contributed by atoms with van der Waals surface area (Å²) < 4.78 is 10.9. The molecule has 2 rings (SSSR count). The molecular weight excluding hydrogens is 324 g/mol.